The van der Waals surface area contributed by atoms with E-state index < -0.39 is 0 Å². The molecule has 2 amide bonds. The quantitative estimate of drug-likeness (QED) is 0.767. The van der Waals surface area contributed by atoms with E-state index in [0.29, 0.717) is 13.1 Å². The van der Waals surface area contributed by atoms with Crippen molar-refractivity contribution in [1.82, 2.24) is 9.80 Å². The third kappa shape index (κ3) is 5.93. The summed E-state index contributed by atoms with van der Waals surface area (Å²) in [4.78, 5) is 27.0. The molecular formula is C15H24N4O2. The first-order valence-corrected chi connectivity index (χ1v) is 6.97. The molecule has 6 nitrogen and oxygen atoms in total. The summed E-state index contributed by atoms with van der Waals surface area (Å²) in [7, 11) is 3.41. The molecule has 0 radical (unpaired) electrons. The highest BCUT2D eigenvalue weighted by atomic mass is 16.2. The largest absolute Gasteiger partial charge is 0.348 e. The number of anilines is 1. The first kappa shape index (κ1) is 17.1. The fraction of sp³-hybridized carbons (Fsp3) is 0.467. The number of carbonyl (C=O) groups excluding carboxylic acids is 2. The fourth-order valence-corrected chi connectivity index (χ4v) is 1.74. The number of nitrogens with two attached hydrogens (primary N) is 1. The van der Waals surface area contributed by atoms with Gasteiger partial charge in [-0.2, -0.15) is 0 Å². The molecule has 0 aromatic heterocycles. The number of rotatable bonds is 7. The second-order valence-corrected chi connectivity index (χ2v) is 5.04. The van der Waals surface area contributed by atoms with Gasteiger partial charge in [-0.15, -0.1) is 0 Å². The number of carbonyl (C=O) groups is 2. The molecular weight excluding hydrogens is 268 g/mol. The van der Waals surface area contributed by atoms with E-state index in [1.165, 1.54) is 4.90 Å². The topological polar surface area (TPSA) is 78.7 Å². The van der Waals surface area contributed by atoms with Crippen molar-refractivity contribution in [3.05, 3.63) is 29.8 Å². The number of hydrogen-bond acceptors (Lipinski definition) is 4. The van der Waals surface area contributed by atoms with Crippen LogP contribution in [0.1, 0.15) is 12.5 Å². The molecule has 1 rings (SSSR count). The molecule has 0 fully saturated rings. The van der Waals surface area contributed by atoms with Gasteiger partial charge in [-0.3, -0.25) is 14.5 Å². The summed E-state index contributed by atoms with van der Waals surface area (Å²) in [5, 5.41) is 2.81. The highest BCUT2D eigenvalue weighted by Crippen LogP contribution is 2.09. The van der Waals surface area contributed by atoms with Crippen LogP contribution in [0, 0.1) is 0 Å². The molecule has 0 bridgehead atoms. The second kappa shape index (κ2) is 8.39. The SMILES string of the molecule is CCN(CC(=O)Nc1ccc(CN)cc1)CC(=O)N(C)C. The molecule has 0 unspecified atom stereocenters. The summed E-state index contributed by atoms with van der Waals surface area (Å²) in [6, 6.07) is 7.40. The van der Waals surface area contributed by atoms with Gasteiger partial charge in [-0.1, -0.05) is 19.1 Å². The van der Waals surface area contributed by atoms with Gasteiger partial charge in [0, 0.05) is 26.3 Å². The lowest BCUT2D eigenvalue weighted by molar-refractivity contribution is -0.130. The summed E-state index contributed by atoms with van der Waals surface area (Å²) in [5.41, 5.74) is 7.27. The van der Waals surface area contributed by atoms with Gasteiger partial charge in [0.2, 0.25) is 11.8 Å². The number of hydrogen-bond donors (Lipinski definition) is 2. The van der Waals surface area contributed by atoms with E-state index in [0.717, 1.165) is 11.3 Å². The normalized spacial score (nSPS) is 10.5. The van der Waals surface area contributed by atoms with Crippen LogP contribution in [-0.4, -0.2) is 55.3 Å². The summed E-state index contributed by atoms with van der Waals surface area (Å²) in [6.45, 7) is 3.47. The van der Waals surface area contributed by atoms with Crippen LogP contribution in [-0.2, 0) is 16.1 Å². The molecule has 116 valence electrons. The minimum atomic E-state index is -0.135. The maximum absolute atomic E-state index is 12.0. The van der Waals surface area contributed by atoms with Crippen LogP contribution >= 0.6 is 0 Å². The van der Waals surface area contributed by atoms with Crippen LogP contribution in [0.5, 0.6) is 0 Å². The minimum Gasteiger partial charge on any atom is -0.348 e. The van der Waals surface area contributed by atoms with E-state index in [2.05, 4.69) is 5.32 Å². The summed E-state index contributed by atoms with van der Waals surface area (Å²) in [5.74, 6) is -0.152. The molecule has 0 aliphatic carbocycles. The highest BCUT2D eigenvalue weighted by Gasteiger charge is 2.14. The van der Waals surface area contributed by atoms with Gasteiger partial charge >= 0.3 is 0 Å². The molecule has 0 saturated carbocycles. The third-order valence-corrected chi connectivity index (χ3v) is 3.15. The van der Waals surface area contributed by atoms with Crippen LogP contribution in [0.15, 0.2) is 24.3 Å². The molecule has 0 heterocycles. The number of amides is 2. The van der Waals surface area contributed by atoms with E-state index in [9.17, 15) is 9.59 Å². The van der Waals surface area contributed by atoms with Gasteiger partial charge in [0.05, 0.1) is 13.1 Å². The van der Waals surface area contributed by atoms with Crippen molar-refractivity contribution in [3.63, 3.8) is 0 Å². The predicted molar refractivity (Wildman–Crippen MR) is 83.8 cm³/mol. The average Bonchev–Trinajstić information content (AvgIpc) is 2.47. The third-order valence-electron chi connectivity index (χ3n) is 3.15. The van der Waals surface area contributed by atoms with Crippen LogP contribution in [0.2, 0.25) is 0 Å². The van der Waals surface area contributed by atoms with Gasteiger partial charge in [0.15, 0.2) is 0 Å². The fourth-order valence-electron chi connectivity index (χ4n) is 1.74. The number of nitrogens with one attached hydrogen (secondary N) is 1. The van der Waals surface area contributed by atoms with Crippen molar-refractivity contribution < 1.29 is 9.59 Å². The van der Waals surface area contributed by atoms with Gasteiger partial charge in [-0.05, 0) is 24.2 Å². The zero-order valence-corrected chi connectivity index (χ0v) is 12.9. The molecule has 0 spiro atoms. The molecule has 0 saturated heterocycles. The van der Waals surface area contributed by atoms with Crippen molar-refractivity contribution in [3.8, 4) is 0 Å². The lowest BCUT2D eigenvalue weighted by Crippen LogP contribution is -2.40. The van der Waals surface area contributed by atoms with Crippen molar-refractivity contribution >= 4 is 17.5 Å². The smallest absolute Gasteiger partial charge is 0.238 e. The van der Waals surface area contributed by atoms with Crippen molar-refractivity contribution in [2.45, 2.75) is 13.5 Å². The average molecular weight is 292 g/mol. The Morgan fingerprint density at radius 1 is 1.14 bits per heavy atom. The Labute approximate surface area is 125 Å². The van der Waals surface area contributed by atoms with Crippen LogP contribution < -0.4 is 11.1 Å². The Kier molecular flexibility index (Phi) is 6.84. The summed E-state index contributed by atoms with van der Waals surface area (Å²) < 4.78 is 0. The molecule has 1 aromatic rings. The number of nitrogens with zero attached hydrogens (tertiary/aromatic N) is 2. The number of likely N-dealkylation sites (N-methyl/N-ethyl adjacent to an activating group) is 2. The maximum Gasteiger partial charge on any atom is 0.238 e. The molecule has 3 N–H and O–H groups in total. The Hall–Kier alpha value is -1.92. The van der Waals surface area contributed by atoms with Crippen LogP contribution in [0.3, 0.4) is 0 Å². The Morgan fingerprint density at radius 2 is 1.76 bits per heavy atom. The number of benzene rings is 1. The molecule has 1 aromatic carbocycles. The Balaban J connectivity index is 2.52. The first-order chi connectivity index (χ1) is 9.96. The molecule has 0 aliphatic rings. The second-order valence-electron chi connectivity index (χ2n) is 5.04. The minimum absolute atomic E-state index is 0.0167. The van der Waals surface area contributed by atoms with Crippen molar-refractivity contribution in [1.29, 1.82) is 0 Å². The standard InChI is InChI=1S/C15H24N4O2/c1-4-19(11-15(21)18(2)3)10-14(20)17-13-7-5-12(9-16)6-8-13/h5-8H,4,9-11,16H2,1-3H3,(H,17,20). The van der Waals surface area contributed by atoms with Gasteiger partial charge in [0.25, 0.3) is 0 Å². The van der Waals surface area contributed by atoms with E-state index >= 15 is 0 Å². The lowest BCUT2D eigenvalue weighted by Gasteiger charge is -2.21. The Bertz CT molecular complexity index is 471. The first-order valence-electron chi connectivity index (χ1n) is 6.97. The zero-order chi connectivity index (χ0) is 15.8. The van der Waals surface area contributed by atoms with E-state index in [1.807, 2.05) is 31.2 Å². The molecule has 0 aliphatic heterocycles. The maximum atomic E-state index is 12.0. The van der Waals surface area contributed by atoms with E-state index in [4.69, 9.17) is 5.73 Å². The van der Waals surface area contributed by atoms with Crippen LogP contribution in [0.4, 0.5) is 5.69 Å². The van der Waals surface area contributed by atoms with Gasteiger partial charge < -0.3 is 16.0 Å². The van der Waals surface area contributed by atoms with Gasteiger partial charge in [-0.25, -0.2) is 0 Å². The monoisotopic (exact) mass is 292 g/mol. The summed E-state index contributed by atoms with van der Waals surface area (Å²) >= 11 is 0. The van der Waals surface area contributed by atoms with E-state index in [1.54, 1.807) is 19.0 Å². The Morgan fingerprint density at radius 3 is 2.24 bits per heavy atom. The van der Waals surface area contributed by atoms with E-state index in [-0.39, 0.29) is 24.9 Å². The van der Waals surface area contributed by atoms with Crippen molar-refractivity contribution in [2.75, 3.05) is 39.0 Å². The van der Waals surface area contributed by atoms with Crippen LogP contribution in [0.25, 0.3) is 0 Å². The summed E-state index contributed by atoms with van der Waals surface area (Å²) in [6.07, 6.45) is 0. The van der Waals surface area contributed by atoms with Crippen molar-refractivity contribution in [2.24, 2.45) is 5.73 Å². The highest BCUT2D eigenvalue weighted by molar-refractivity contribution is 5.92. The molecule has 0 atom stereocenters. The van der Waals surface area contributed by atoms with Gasteiger partial charge in [0.1, 0.15) is 0 Å². The lowest BCUT2D eigenvalue weighted by atomic mass is 10.2. The molecule has 6 heteroatoms. The zero-order valence-electron chi connectivity index (χ0n) is 12.9. The predicted octanol–water partition coefficient (Wildman–Crippen LogP) is 0.494. The molecule has 21 heavy (non-hydrogen) atoms.